The van der Waals surface area contributed by atoms with Crippen molar-refractivity contribution in [1.82, 2.24) is 14.5 Å². The molecule has 4 aliphatic rings. The number of hydrogen-bond donors (Lipinski definition) is 1. The number of pyridine rings is 1. The molecule has 2 heterocycles. The van der Waals surface area contributed by atoms with E-state index in [4.69, 9.17) is 0 Å². The minimum Gasteiger partial charge on any atom is -0.308 e. The number of nitrogens with zero attached hydrogens (tertiary/aromatic N) is 2. The molecule has 2 unspecified atom stereocenters. The second-order valence-electron chi connectivity index (χ2n) is 7.20. The van der Waals surface area contributed by atoms with Gasteiger partial charge in [0.25, 0.3) is 0 Å². The van der Waals surface area contributed by atoms with Crippen LogP contribution in [0.2, 0.25) is 0 Å². The molecule has 4 saturated carbocycles. The molecule has 2 aromatic rings. The Morgan fingerprint density at radius 1 is 1.25 bits per heavy atom. The summed E-state index contributed by atoms with van der Waals surface area (Å²) in [4.78, 5) is 19.5. The van der Waals surface area contributed by atoms with Crippen molar-refractivity contribution in [1.29, 1.82) is 0 Å². The molecule has 2 atom stereocenters. The third-order valence-corrected chi connectivity index (χ3v) is 6.10. The zero-order valence-electron chi connectivity index (χ0n) is 11.7. The highest BCUT2D eigenvalue weighted by atomic mass is 16.1. The molecule has 4 fully saturated rings. The van der Waals surface area contributed by atoms with Gasteiger partial charge in [0.15, 0.2) is 0 Å². The van der Waals surface area contributed by atoms with E-state index in [-0.39, 0.29) is 11.1 Å². The lowest BCUT2D eigenvalue weighted by molar-refractivity contribution is 0.205. The summed E-state index contributed by atoms with van der Waals surface area (Å²) in [7, 11) is 0. The number of imidazole rings is 1. The van der Waals surface area contributed by atoms with E-state index in [0.29, 0.717) is 0 Å². The van der Waals surface area contributed by atoms with Crippen LogP contribution >= 0.6 is 0 Å². The number of nitrogens with one attached hydrogen (secondary N) is 1. The van der Waals surface area contributed by atoms with E-state index in [1.54, 1.807) is 6.07 Å². The number of fused-ring (bicyclic) bond motifs is 1. The SMILES string of the molecule is Cc1nc2ccc(=O)[nH]c2n1C12CC3CC(CC1C3)C2. The van der Waals surface area contributed by atoms with Gasteiger partial charge in [-0.15, -0.1) is 0 Å². The molecule has 6 rings (SSSR count). The van der Waals surface area contributed by atoms with E-state index in [1.807, 2.05) is 6.07 Å². The maximum atomic E-state index is 11.7. The predicted octanol–water partition coefficient (Wildman–Crippen LogP) is 2.57. The first-order valence-corrected chi connectivity index (χ1v) is 7.74. The quantitative estimate of drug-likeness (QED) is 0.865. The maximum Gasteiger partial charge on any atom is 0.249 e. The second kappa shape index (κ2) is 3.35. The van der Waals surface area contributed by atoms with Gasteiger partial charge in [0.2, 0.25) is 5.56 Å². The van der Waals surface area contributed by atoms with Crippen molar-refractivity contribution in [2.45, 2.75) is 44.6 Å². The fourth-order valence-corrected chi connectivity index (χ4v) is 5.77. The topological polar surface area (TPSA) is 50.7 Å². The summed E-state index contributed by atoms with van der Waals surface area (Å²) in [6.07, 6.45) is 6.77. The summed E-state index contributed by atoms with van der Waals surface area (Å²) < 4.78 is 2.40. The third-order valence-electron chi connectivity index (χ3n) is 6.10. The zero-order chi connectivity index (χ0) is 13.5. The van der Waals surface area contributed by atoms with Crippen molar-refractivity contribution in [3.05, 3.63) is 28.3 Å². The monoisotopic (exact) mass is 269 g/mol. The summed E-state index contributed by atoms with van der Waals surface area (Å²) in [5.41, 5.74) is 2.11. The van der Waals surface area contributed by atoms with Gasteiger partial charge in [0.05, 0.1) is 5.54 Å². The Labute approximate surface area is 117 Å². The van der Waals surface area contributed by atoms with Crippen LogP contribution in [0, 0.1) is 24.7 Å². The minimum atomic E-state index is -0.0206. The molecule has 0 radical (unpaired) electrons. The van der Waals surface area contributed by atoms with Gasteiger partial charge in [0, 0.05) is 6.07 Å². The van der Waals surface area contributed by atoms with E-state index in [9.17, 15) is 4.79 Å². The Morgan fingerprint density at radius 2 is 2.00 bits per heavy atom. The normalized spacial score (nSPS) is 38.1. The van der Waals surface area contributed by atoms with Crippen LogP contribution < -0.4 is 5.56 Å². The van der Waals surface area contributed by atoms with E-state index in [1.165, 1.54) is 32.1 Å². The Bertz CT molecular complexity index is 758. The van der Waals surface area contributed by atoms with E-state index in [2.05, 4.69) is 21.5 Å². The molecule has 4 bridgehead atoms. The third kappa shape index (κ3) is 1.18. The van der Waals surface area contributed by atoms with E-state index in [0.717, 1.165) is 34.7 Å². The van der Waals surface area contributed by atoms with E-state index >= 15 is 0 Å². The number of H-pyrrole nitrogens is 1. The minimum absolute atomic E-state index is 0.0206. The summed E-state index contributed by atoms with van der Waals surface area (Å²) >= 11 is 0. The van der Waals surface area contributed by atoms with Crippen molar-refractivity contribution in [2.24, 2.45) is 17.8 Å². The van der Waals surface area contributed by atoms with Gasteiger partial charge in [-0.05, 0) is 62.8 Å². The van der Waals surface area contributed by atoms with Gasteiger partial charge in [-0.25, -0.2) is 4.98 Å². The van der Waals surface area contributed by atoms with Crippen molar-refractivity contribution >= 4 is 11.2 Å². The van der Waals surface area contributed by atoms with Gasteiger partial charge in [0.1, 0.15) is 17.0 Å². The molecular weight excluding hydrogens is 250 g/mol. The molecule has 0 amide bonds. The fraction of sp³-hybridized carbons (Fsp3) is 0.625. The lowest BCUT2D eigenvalue weighted by atomic mass is 9.80. The molecule has 0 spiro atoms. The molecule has 4 heteroatoms. The molecule has 2 aromatic heterocycles. The first-order chi connectivity index (χ1) is 9.65. The Hall–Kier alpha value is -1.58. The highest BCUT2D eigenvalue weighted by Gasteiger charge is 2.59. The molecule has 0 aromatic carbocycles. The van der Waals surface area contributed by atoms with Gasteiger partial charge in [-0.1, -0.05) is 0 Å². The smallest absolute Gasteiger partial charge is 0.249 e. The lowest BCUT2D eigenvalue weighted by Crippen LogP contribution is -2.36. The highest BCUT2D eigenvalue weighted by Crippen LogP contribution is 2.64. The Morgan fingerprint density at radius 3 is 2.75 bits per heavy atom. The van der Waals surface area contributed by atoms with Gasteiger partial charge in [-0.3, -0.25) is 4.79 Å². The number of aromatic amines is 1. The average molecular weight is 269 g/mol. The van der Waals surface area contributed by atoms with Crippen molar-refractivity contribution < 1.29 is 0 Å². The average Bonchev–Trinajstić information content (AvgIpc) is 2.93. The molecule has 0 saturated heterocycles. The van der Waals surface area contributed by atoms with Gasteiger partial charge < -0.3 is 9.55 Å². The van der Waals surface area contributed by atoms with Crippen molar-refractivity contribution in [3.8, 4) is 0 Å². The molecular formula is C16H19N3O. The van der Waals surface area contributed by atoms with Crippen molar-refractivity contribution in [2.75, 3.05) is 0 Å². The second-order valence-corrected chi connectivity index (χ2v) is 7.20. The van der Waals surface area contributed by atoms with Crippen LogP contribution in [0.5, 0.6) is 0 Å². The molecule has 0 aliphatic heterocycles. The Kier molecular flexibility index (Phi) is 1.86. The predicted molar refractivity (Wildman–Crippen MR) is 76.6 cm³/mol. The molecule has 104 valence electrons. The van der Waals surface area contributed by atoms with Gasteiger partial charge in [-0.2, -0.15) is 0 Å². The summed E-state index contributed by atoms with van der Waals surface area (Å²) in [5, 5.41) is 0. The van der Waals surface area contributed by atoms with E-state index < -0.39 is 0 Å². The number of hydrogen-bond acceptors (Lipinski definition) is 2. The van der Waals surface area contributed by atoms with Crippen LogP contribution in [0.15, 0.2) is 16.9 Å². The molecule has 20 heavy (non-hydrogen) atoms. The zero-order valence-corrected chi connectivity index (χ0v) is 11.7. The highest BCUT2D eigenvalue weighted by molar-refractivity contribution is 5.71. The lowest BCUT2D eigenvalue weighted by Gasteiger charge is -2.35. The summed E-state index contributed by atoms with van der Waals surface area (Å²) in [6, 6.07) is 3.43. The van der Waals surface area contributed by atoms with Crippen molar-refractivity contribution in [3.63, 3.8) is 0 Å². The summed E-state index contributed by atoms with van der Waals surface area (Å²) in [6.45, 7) is 2.09. The van der Waals surface area contributed by atoms with Gasteiger partial charge >= 0.3 is 0 Å². The van der Waals surface area contributed by atoms with Crippen LogP contribution in [0.1, 0.15) is 37.9 Å². The van der Waals surface area contributed by atoms with Crippen LogP contribution in [0.3, 0.4) is 0 Å². The first kappa shape index (κ1) is 11.1. The number of rotatable bonds is 1. The standard InChI is InChI=1S/C16H19N3O/c1-9-17-13-2-3-14(20)18-15(13)19(9)16-7-10-4-11(8-16)6-12(16)5-10/h2-3,10-12H,4-8H2,1H3,(H,18,20). The first-order valence-electron chi connectivity index (χ1n) is 7.74. The molecule has 1 N–H and O–H groups in total. The fourth-order valence-electron chi connectivity index (χ4n) is 5.77. The maximum absolute atomic E-state index is 11.7. The largest absolute Gasteiger partial charge is 0.308 e. The Balaban J connectivity index is 1.81. The number of aryl methyl sites for hydroxylation is 1. The molecule has 4 aliphatic carbocycles. The molecule has 4 nitrogen and oxygen atoms in total. The summed E-state index contributed by atoms with van der Waals surface area (Å²) in [5.74, 6) is 3.67. The van der Waals surface area contributed by atoms with Crippen LogP contribution in [-0.4, -0.2) is 14.5 Å². The van der Waals surface area contributed by atoms with Crippen LogP contribution in [-0.2, 0) is 5.54 Å². The van der Waals surface area contributed by atoms with Crippen LogP contribution in [0.25, 0.3) is 11.2 Å². The number of aromatic nitrogens is 3. The van der Waals surface area contributed by atoms with Crippen LogP contribution in [0.4, 0.5) is 0 Å².